The van der Waals surface area contributed by atoms with Gasteiger partial charge in [-0.05, 0) is 25.5 Å². The predicted molar refractivity (Wildman–Crippen MR) is 67.5 cm³/mol. The van der Waals surface area contributed by atoms with E-state index in [0.29, 0.717) is 18.1 Å². The van der Waals surface area contributed by atoms with Gasteiger partial charge in [-0.2, -0.15) is 0 Å². The molecule has 0 spiro atoms. The quantitative estimate of drug-likeness (QED) is 0.858. The van der Waals surface area contributed by atoms with E-state index in [-0.39, 0.29) is 18.1 Å². The minimum absolute atomic E-state index is 0.0727. The van der Waals surface area contributed by atoms with Gasteiger partial charge in [0.1, 0.15) is 5.82 Å². The summed E-state index contributed by atoms with van der Waals surface area (Å²) in [7, 11) is 3.54. The van der Waals surface area contributed by atoms with Crippen LogP contribution in [0.25, 0.3) is 0 Å². The zero-order valence-corrected chi connectivity index (χ0v) is 10.9. The molecule has 1 aliphatic rings. The topological polar surface area (TPSA) is 67.4 Å². The second-order valence-corrected chi connectivity index (χ2v) is 4.40. The molecule has 2 heterocycles. The van der Waals surface area contributed by atoms with Crippen LogP contribution in [-0.2, 0) is 4.74 Å². The van der Waals surface area contributed by atoms with Crippen LogP contribution in [0.15, 0.2) is 12.1 Å². The molecule has 1 aromatic heterocycles. The Labute approximate surface area is 106 Å². The second kappa shape index (κ2) is 5.30. The number of anilines is 1. The molecule has 1 aliphatic heterocycles. The minimum atomic E-state index is -0.118. The van der Waals surface area contributed by atoms with E-state index in [0.717, 1.165) is 6.42 Å². The van der Waals surface area contributed by atoms with E-state index in [1.165, 1.54) is 0 Å². The highest BCUT2D eigenvalue weighted by molar-refractivity contribution is 5.92. The van der Waals surface area contributed by atoms with Gasteiger partial charge >= 0.3 is 0 Å². The lowest BCUT2D eigenvalue weighted by Crippen LogP contribution is -2.41. The molecule has 1 N–H and O–H groups in total. The fraction of sp³-hybridized carbons (Fsp3) is 0.583. The van der Waals surface area contributed by atoms with Gasteiger partial charge in [0, 0.05) is 20.7 Å². The van der Waals surface area contributed by atoms with Gasteiger partial charge in [-0.25, -0.2) is 0 Å². The Balaban J connectivity index is 2.09. The van der Waals surface area contributed by atoms with Crippen LogP contribution >= 0.6 is 0 Å². The first-order chi connectivity index (χ1) is 8.63. The Kier molecular flexibility index (Phi) is 3.76. The molecule has 0 radical (unpaired) electrons. The molecule has 2 atom stereocenters. The fourth-order valence-corrected chi connectivity index (χ4v) is 2.14. The average molecular weight is 250 g/mol. The van der Waals surface area contributed by atoms with E-state index in [1.54, 1.807) is 31.1 Å². The molecule has 1 amide bonds. The molecule has 0 aromatic carbocycles. The number of hydrogen-bond acceptors (Lipinski definition) is 5. The number of likely N-dealkylation sites (N-methyl/N-ethyl adjacent to an activating group) is 1. The molecule has 0 bridgehead atoms. The van der Waals surface area contributed by atoms with E-state index in [9.17, 15) is 4.79 Å². The number of carbonyl (C=O) groups excluding carboxylic acids is 1. The van der Waals surface area contributed by atoms with Gasteiger partial charge in [0.05, 0.1) is 12.1 Å². The second-order valence-electron chi connectivity index (χ2n) is 4.40. The van der Waals surface area contributed by atoms with Crippen molar-refractivity contribution in [3.63, 3.8) is 0 Å². The summed E-state index contributed by atoms with van der Waals surface area (Å²) >= 11 is 0. The zero-order chi connectivity index (χ0) is 13.1. The SMILES string of the molecule is CNc1ccc(C(=O)N(C)C2CCOC2C)nn1. The van der Waals surface area contributed by atoms with E-state index in [4.69, 9.17) is 4.74 Å². The van der Waals surface area contributed by atoms with Crippen molar-refractivity contribution in [2.75, 3.05) is 26.0 Å². The maximum absolute atomic E-state index is 12.2. The average Bonchev–Trinajstić information content (AvgIpc) is 2.83. The minimum Gasteiger partial charge on any atom is -0.376 e. The normalized spacial score (nSPS) is 22.8. The van der Waals surface area contributed by atoms with Gasteiger partial charge < -0.3 is 15.0 Å². The third kappa shape index (κ3) is 2.43. The summed E-state index contributed by atoms with van der Waals surface area (Å²) in [6.45, 7) is 2.69. The largest absolute Gasteiger partial charge is 0.376 e. The lowest BCUT2D eigenvalue weighted by molar-refractivity contribution is 0.0569. The van der Waals surface area contributed by atoms with Crippen molar-refractivity contribution in [1.29, 1.82) is 0 Å². The smallest absolute Gasteiger partial charge is 0.274 e. The molecule has 98 valence electrons. The summed E-state index contributed by atoms with van der Waals surface area (Å²) in [5, 5.41) is 10.7. The summed E-state index contributed by atoms with van der Waals surface area (Å²) in [5.74, 6) is 0.527. The number of carbonyl (C=O) groups is 1. The third-order valence-electron chi connectivity index (χ3n) is 3.29. The summed E-state index contributed by atoms with van der Waals surface area (Å²) in [6.07, 6.45) is 0.939. The summed E-state index contributed by atoms with van der Waals surface area (Å²) in [5.41, 5.74) is 0.357. The van der Waals surface area contributed by atoms with Gasteiger partial charge in [0.25, 0.3) is 5.91 Å². The van der Waals surface area contributed by atoms with Crippen molar-refractivity contribution in [1.82, 2.24) is 15.1 Å². The molecule has 1 aromatic rings. The molecule has 1 saturated heterocycles. The van der Waals surface area contributed by atoms with Gasteiger partial charge in [-0.3, -0.25) is 4.79 Å². The molecule has 1 fully saturated rings. The molecule has 6 heteroatoms. The molecule has 18 heavy (non-hydrogen) atoms. The van der Waals surface area contributed by atoms with Crippen molar-refractivity contribution >= 4 is 11.7 Å². The fourth-order valence-electron chi connectivity index (χ4n) is 2.14. The number of aromatic nitrogens is 2. The van der Waals surface area contributed by atoms with E-state index in [2.05, 4.69) is 15.5 Å². The lowest BCUT2D eigenvalue weighted by atomic mass is 10.1. The molecule has 0 aliphatic carbocycles. The van der Waals surface area contributed by atoms with Crippen LogP contribution in [-0.4, -0.2) is 53.9 Å². The number of amides is 1. The van der Waals surface area contributed by atoms with Crippen LogP contribution in [0.1, 0.15) is 23.8 Å². The highest BCUT2D eigenvalue weighted by Crippen LogP contribution is 2.19. The van der Waals surface area contributed by atoms with Crippen LogP contribution in [0.3, 0.4) is 0 Å². The maximum Gasteiger partial charge on any atom is 0.274 e. The van der Waals surface area contributed by atoms with Crippen molar-refractivity contribution < 1.29 is 9.53 Å². The van der Waals surface area contributed by atoms with Gasteiger partial charge in [0.2, 0.25) is 0 Å². The zero-order valence-electron chi connectivity index (χ0n) is 10.9. The molecular weight excluding hydrogens is 232 g/mol. The lowest BCUT2D eigenvalue weighted by Gasteiger charge is -2.26. The first-order valence-corrected chi connectivity index (χ1v) is 6.03. The summed E-state index contributed by atoms with van der Waals surface area (Å²) in [4.78, 5) is 13.9. The molecule has 6 nitrogen and oxygen atoms in total. The Morgan fingerprint density at radius 1 is 1.50 bits per heavy atom. The standard InChI is InChI=1S/C12H18N4O2/c1-8-10(6-7-18-8)16(3)12(17)9-4-5-11(13-2)15-14-9/h4-5,8,10H,6-7H2,1-3H3,(H,13,15). The highest BCUT2D eigenvalue weighted by atomic mass is 16.5. The van der Waals surface area contributed by atoms with E-state index >= 15 is 0 Å². The number of nitrogens with zero attached hydrogens (tertiary/aromatic N) is 3. The first-order valence-electron chi connectivity index (χ1n) is 6.03. The molecular formula is C12H18N4O2. The first kappa shape index (κ1) is 12.8. The Bertz CT molecular complexity index is 421. The maximum atomic E-state index is 12.2. The van der Waals surface area contributed by atoms with E-state index in [1.807, 2.05) is 6.92 Å². The highest BCUT2D eigenvalue weighted by Gasteiger charge is 2.31. The Hall–Kier alpha value is -1.69. The molecule has 0 saturated carbocycles. The van der Waals surface area contributed by atoms with Crippen LogP contribution in [0.4, 0.5) is 5.82 Å². The Morgan fingerprint density at radius 2 is 2.28 bits per heavy atom. The summed E-state index contributed by atoms with van der Waals surface area (Å²) < 4.78 is 5.47. The van der Waals surface area contributed by atoms with Crippen LogP contribution in [0, 0.1) is 0 Å². The number of ether oxygens (including phenoxy) is 1. The monoisotopic (exact) mass is 250 g/mol. The van der Waals surface area contributed by atoms with Crippen LogP contribution in [0.5, 0.6) is 0 Å². The predicted octanol–water partition coefficient (Wildman–Crippen LogP) is 0.768. The number of rotatable bonds is 3. The van der Waals surface area contributed by atoms with Gasteiger partial charge in [0.15, 0.2) is 5.69 Å². The third-order valence-corrected chi connectivity index (χ3v) is 3.29. The van der Waals surface area contributed by atoms with E-state index < -0.39 is 0 Å². The molecule has 2 unspecified atom stereocenters. The number of hydrogen-bond donors (Lipinski definition) is 1. The van der Waals surface area contributed by atoms with Crippen molar-refractivity contribution in [3.8, 4) is 0 Å². The van der Waals surface area contributed by atoms with Crippen molar-refractivity contribution in [2.24, 2.45) is 0 Å². The van der Waals surface area contributed by atoms with Crippen molar-refractivity contribution in [2.45, 2.75) is 25.5 Å². The van der Waals surface area contributed by atoms with Crippen LogP contribution < -0.4 is 5.32 Å². The summed E-state index contributed by atoms with van der Waals surface area (Å²) in [6, 6.07) is 3.53. The van der Waals surface area contributed by atoms with Crippen molar-refractivity contribution in [3.05, 3.63) is 17.8 Å². The Morgan fingerprint density at radius 3 is 2.78 bits per heavy atom. The molecule has 2 rings (SSSR count). The van der Waals surface area contributed by atoms with Crippen LogP contribution in [0.2, 0.25) is 0 Å². The van der Waals surface area contributed by atoms with Gasteiger partial charge in [-0.1, -0.05) is 0 Å². The number of nitrogens with one attached hydrogen (secondary N) is 1. The van der Waals surface area contributed by atoms with Gasteiger partial charge in [-0.15, -0.1) is 10.2 Å².